The van der Waals surface area contributed by atoms with Crippen molar-refractivity contribution >= 4 is 5.97 Å². The van der Waals surface area contributed by atoms with E-state index in [2.05, 4.69) is 0 Å². The van der Waals surface area contributed by atoms with Crippen LogP contribution in [0.1, 0.15) is 5.56 Å². The van der Waals surface area contributed by atoms with E-state index in [0.29, 0.717) is 38.8 Å². The zero-order valence-corrected chi connectivity index (χ0v) is 13.6. The van der Waals surface area contributed by atoms with Crippen molar-refractivity contribution in [3.8, 4) is 5.75 Å². The van der Waals surface area contributed by atoms with Crippen LogP contribution in [0.5, 0.6) is 5.75 Å². The molecule has 1 unspecified atom stereocenters. The molecule has 0 spiro atoms. The predicted molar refractivity (Wildman–Crippen MR) is 85.9 cm³/mol. The SMILES string of the molecule is NC(COCc1cccc(OCCOCCOCCO)c1)C(=O)O. The average Bonchev–Trinajstić information content (AvgIpc) is 2.57. The van der Waals surface area contributed by atoms with Crippen molar-refractivity contribution in [2.75, 3.05) is 46.2 Å². The molecule has 0 bridgehead atoms. The molecule has 0 aliphatic heterocycles. The smallest absolute Gasteiger partial charge is 0.322 e. The maximum atomic E-state index is 10.6. The highest BCUT2D eigenvalue weighted by Gasteiger charge is 2.11. The van der Waals surface area contributed by atoms with Crippen molar-refractivity contribution in [1.82, 2.24) is 0 Å². The highest BCUT2D eigenvalue weighted by molar-refractivity contribution is 5.73. The normalized spacial score (nSPS) is 12.1. The first kappa shape index (κ1) is 20.3. The average molecular weight is 343 g/mol. The van der Waals surface area contributed by atoms with Crippen LogP contribution in [0, 0.1) is 0 Å². The van der Waals surface area contributed by atoms with Gasteiger partial charge in [-0.3, -0.25) is 4.79 Å². The Morgan fingerprint density at radius 2 is 1.79 bits per heavy atom. The van der Waals surface area contributed by atoms with E-state index in [0.717, 1.165) is 5.56 Å². The molecule has 8 nitrogen and oxygen atoms in total. The highest BCUT2D eigenvalue weighted by Crippen LogP contribution is 2.14. The van der Waals surface area contributed by atoms with Gasteiger partial charge in [-0.2, -0.15) is 0 Å². The number of benzene rings is 1. The van der Waals surface area contributed by atoms with E-state index in [1.165, 1.54) is 0 Å². The van der Waals surface area contributed by atoms with Gasteiger partial charge in [0, 0.05) is 0 Å². The summed E-state index contributed by atoms with van der Waals surface area (Å²) in [6.07, 6.45) is 0. The van der Waals surface area contributed by atoms with E-state index in [1.54, 1.807) is 0 Å². The summed E-state index contributed by atoms with van der Waals surface area (Å²) in [6, 6.07) is 6.29. The number of aliphatic hydroxyl groups is 1. The molecule has 0 fully saturated rings. The van der Waals surface area contributed by atoms with Crippen molar-refractivity contribution in [1.29, 1.82) is 0 Å². The summed E-state index contributed by atoms with van der Waals surface area (Å²) < 4.78 is 21.2. The Kier molecular flexibility index (Phi) is 10.7. The highest BCUT2D eigenvalue weighted by atomic mass is 16.5. The van der Waals surface area contributed by atoms with Crippen molar-refractivity contribution in [2.45, 2.75) is 12.6 Å². The number of hydrogen-bond donors (Lipinski definition) is 3. The monoisotopic (exact) mass is 343 g/mol. The summed E-state index contributed by atoms with van der Waals surface area (Å²) >= 11 is 0. The molecule has 8 heteroatoms. The van der Waals surface area contributed by atoms with Gasteiger partial charge in [0.25, 0.3) is 0 Å². The molecule has 136 valence electrons. The number of aliphatic carboxylic acids is 1. The summed E-state index contributed by atoms with van der Waals surface area (Å²) in [7, 11) is 0. The minimum Gasteiger partial charge on any atom is -0.491 e. The Morgan fingerprint density at radius 3 is 2.50 bits per heavy atom. The van der Waals surface area contributed by atoms with Gasteiger partial charge >= 0.3 is 5.97 Å². The first-order valence-electron chi connectivity index (χ1n) is 7.67. The van der Waals surface area contributed by atoms with Crippen LogP contribution in [0.3, 0.4) is 0 Å². The molecule has 0 radical (unpaired) electrons. The van der Waals surface area contributed by atoms with Crippen molar-refractivity contribution in [2.24, 2.45) is 5.73 Å². The number of aliphatic hydroxyl groups excluding tert-OH is 1. The van der Waals surface area contributed by atoms with Gasteiger partial charge in [-0.1, -0.05) is 12.1 Å². The standard InChI is InChI=1S/C16H25NO7/c17-15(16(19)20)12-23-11-13-2-1-3-14(10-13)24-9-8-22-7-6-21-5-4-18/h1-3,10,15,18H,4-9,11-12,17H2,(H,19,20). The molecule has 0 aliphatic carbocycles. The number of rotatable bonds is 14. The van der Waals surface area contributed by atoms with Crippen LogP contribution in [0.4, 0.5) is 0 Å². The lowest BCUT2D eigenvalue weighted by Gasteiger charge is -2.10. The fourth-order valence-electron chi connectivity index (χ4n) is 1.71. The quantitative estimate of drug-likeness (QED) is 0.404. The number of ether oxygens (including phenoxy) is 4. The topological polar surface area (TPSA) is 120 Å². The second-order valence-electron chi connectivity index (χ2n) is 4.90. The number of carbonyl (C=O) groups is 1. The van der Waals surface area contributed by atoms with Gasteiger partial charge < -0.3 is 34.9 Å². The zero-order chi connectivity index (χ0) is 17.6. The molecule has 0 aromatic heterocycles. The van der Waals surface area contributed by atoms with Crippen LogP contribution in [0.2, 0.25) is 0 Å². The Morgan fingerprint density at radius 1 is 1.08 bits per heavy atom. The van der Waals surface area contributed by atoms with Crippen LogP contribution in [-0.4, -0.2) is 68.5 Å². The Labute approximate surface area is 141 Å². The summed E-state index contributed by atoms with van der Waals surface area (Å²) in [5, 5.41) is 17.2. The van der Waals surface area contributed by atoms with Crippen LogP contribution in [0.15, 0.2) is 24.3 Å². The predicted octanol–water partition coefficient (Wildman–Crippen LogP) is 0.0194. The van der Waals surface area contributed by atoms with Crippen molar-refractivity contribution < 1.29 is 34.0 Å². The third-order valence-corrected chi connectivity index (χ3v) is 2.89. The van der Waals surface area contributed by atoms with Gasteiger partial charge in [-0.25, -0.2) is 0 Å². The Hall–Kier alpha value is -1.71. The minimum atomic E-state index is -1.09. The number of carboxylic acid groups (broad SMARTS) is 1. The Balaban J connectivity index is 2.17. The van der Waals surface area contributed by atoms with Crippen LogP contribution >= 0.6 is 0 Å². The molecule has 0 heterocycles. The van der Waals surface area contributed by atoms with Crippen LogP contribution < -0.4 is 10.5 Å². The second kappa shape index (κ2) is 12.7. The second-order valence-corrected chi connectivity index (χ2v) is 4.90. The molecule has 0 saturated heterocycles. The summed E-state index contributed by atoms with van der Waals surface area (Å²) in [6.45, 7) is 2.23. The fraction of sp³-hybridized carbons (Fsp3) is 0.562. The van der Waals surface area contributed by atoms with E-state index in [9.17, 15) is 4.79 Å². The lowest BCUT2D eigenvalue weighted by molar-refractivity contribution is -0.140. The van der Waals surface area contributed by atoms with E-state index in [1.807, 2.05) is 24.3 Å². The molecule has 1 atom stereocenters. The molecule has 0 amide bonds. The lowest BCUT2D eigenvalue weighted by Crippen LogP contribution is -2.34. The fourth-order valence-corrected chi connectivity index (χ4v) is 1.71. The van der Waals surface area contributed by atoms with Gasteiger partial charge in [0.05, 0.1) is 46.2 Å². The Bertz CT molecular complexity index is 469. The van der Waals surface area contributed by atoms with Gasteiger partial charge in [-0.15, -0.1) is 0 Å². The molecular weight excluding hydrogens is 318 g/mol. The van der Waals surface area contributed by atoms with Gasteiger partial charge in [0.2, 0.25) is 0 Å². The van der Waals surface area contributed by atoms with E-state index in [4.69, 9.17) is 34.9 Å². The zero-order valence-electron chi connectivity index (χ0n) is 13.6. The lowest BCUT2D eigenvalue weighted by atomic mass is 10.2. The van der Waals surface area contributed by atoms with Crippen molar-refractivity contribution in [3.05, 3.63) is 29.8 Å². The first-order chi connectivity index (χ1) is 11.6. The molecule has 4 N–H and O–H groups in total. The molecule has 1 aromatic rings. The van der Waals surface area contributed by atoms with Gasteiger partial charge in [-0.05, 0) is 17.7 Å². The summed E-state index contributed by atoms with van der Waals surface area (Å²) in [5.74, 6) is -0.410. The molecular formula is C16H25NO7. The summed E-state index contributed by atoms with van der Waals surface area (Å²) in [5.41, 5.74) is 6.22. The third-order valence-electron chi connectivity index (χ3n) is 2.89. The maximum absolute atomic E-state index is 10.6. The molecule has 0 aliphatic rings. The largest absolute Gasteiger partial charge is 0.491 e. The first-order valence-corrected chi connectivity index (χ1v) is 7.67. The third kappa shape index (κ3) is 9.43. The van der Waals surface area contributed by atoms with Crippen LogP contribution in [-0.2, 0) is 25.6 Å². The van der Waals surface area contributed by atoms with E-state index >= 15 is 0 Å². The number of nitrogens with two attached hydrogens (primary N) is 1. The summed E-state index contributed by atoms with van der Waals surface area (Å²) in [4.78, 5) is 10.6. The molecule has 1 rings (SSSR count). The number of carboxylic acids is 1. The van der Waals surface area contributed by atoms with Crippen molar-refractivity contribution in [3.63, 3.8) is 0 Å². The van der Waals surface area contributed by atoms with Gasteiger partial charge in [0.1, 0.15) is 18.4 Å². The molecule has 24 heavy (non-hydrogen) atoms. The molecule has 1 aromatic carbocycles. The maximum Gasteiger partial charge on any atom is 0.322 e. The van der Waals surface area contributed by atoms with E-state index < -0.39 is 12.0 Å². The van der Waals surface area contributed by atoms with Crippen LogP contribution in [0.25, 0.3) is 0 Å². The van der Waals surface area contributed by atoms with Gasteiger partial charge in [0.15, 0.2) is 0 Å². The molecule has 0 saturated carbocycles. The number of hydrogen-bond acceptors (Lipinski definition) is 7. The minimum absolute atomic E-state index is 0.00537. The van der Waals surface area contributed by atoms with E-state index in [-0.39, 0.29) is 19.8 Å².